The topological polar surface area (TPSA) is 98.7 Å². The molecule has 1 aromatic heterocycles. The lowest BCUT2D eigenvalue weighted by molar-refractivity contribution is -0.149. The fourth-order valence-electron chi connectivity index (χ4n) is 2.13. The van der Waals surface area contributed by atoms with Gasteiger partial charge in [-0.1, -0.05) is 11.8 Å². The first kappa shape index (κ1) is 22.1. The molecule has 0 radical (unpaired) electrons. The van der Waals surface area contributed by atoms with Gasteiger partial charge >= 0.3 is 0 Å². The molecule has 0 saturated carbocycles. The molecule has 2 atom stereocenters. The van der Waals surface area contributed by atoms with E-state index in [2.05, 4.69) is 23.7 Å². The highest BCUT2D eigenvalue weighted by Gasteiger charge is 2.46. The number of alkyl halides is 2. The van der Waals surface area contributed by atoms with E-state index in [9.17, 15) is 23.5 Å². The molecule has 2 aromatic rings. The number of thiophene rings is 1. The number of aliphatic hydroxyl groups is 1. The molecule has 29 heavy (non-hydrogen) atoms. The van der Waals surface area contributed by atoms with Gasteiger partial charge in [-0.25, -0.2) is 14.3 Å². The molecule has 0 spiro atoms. The summed E-state index contributed by atoms with van der Waals surface area (Å²) in [5, 5.41) is 24.3. The smallest absolute Gasteiger partial charge is 0.269 e. The van der Waals surface area contributed by atoms with E-state index in [0.29, 0.717) is 12.5 Å². The second-order valence-electron chi connectivity index (χ2n) is 6.00. The minimum Gasteiger partial charge on any atom is -0.381 e. The first-order valence-corrected chi connectivity index (χ1v) is 9.09. The van der Waals surface area contributed by atoms with Crippen molar-refractivity contribution < 1.29 is 28.7 Å². The molecule has 2 unspecified atom stereocenters. The van der Waals surface area contributed by atoms with E-state index in [4.69, 9.17) is 5.21 Å². The van der Waals surface area contributed by atoms with Crippen molar-refractivity contribution in [2.24, 2.45) is 0 Å². The van der Waals surface area contributed by atoms with Crippen LogP contribution in [0, 0.1) is 23.7 Å². The first-order chi connectivity index (χ1) is 13.8. The molecule has 150 valence electrons. The Bertz CT molecular complexity index is 981. The predicted octanol–water partition coefficient (Wildman–Crippen LogP) is 1.77. The average molecular weight is 418 g/mol. The molecule has 9 heteroatoms. The normalized spacial score (nSPS) is 13.2. The highest BCUT2D eigenvalue weighted by Crippen LogP contribution is 2.20. The number of hydroxylamine groups is 1. The zero-order chi connectivity index (χ0) is 21.4. The molecule has 0 saturated heterocycles. The van der Waals surface area contributed by atoms with E-state index < -0.39 is 29.9 Å². The predicted molar refractivity (Wildman–Crippen MR) is 102 cm³/mol. The van der Waals surface area contributed by atoms with Crippen LogP contribution in [-0.2, 0) is 4.79 Å². The van der Waals surface area contributed by atoms with E-state index in [1.54, 1.807) is 0 Å². The quantitative estimate of drug-likeness (QED) is 0.338. The van der Waals surface area contributed by atoms with Crippen LogP contribution in [0.25, 0.3) is 0 Å². The van der Waals surface area contributed by atoms with E-state index in [1.165, 1.54) is 35.6 Å². The van der Waals surface area contributed by atoms with Crippen molar-refractivity contribution in [1.82, 2.24) is 10.8 Å². The number of nitrogens with one attached hydrogen (secondary N) is 2. The molecule has 2 amide bonds. The van der Waals surface area contributed by atoms with E-state index >= 15 is 0 Å². The van der Waals surface area contributed by atoms with Gasteiger partial charge in [0.05, 0.1) is 0 Å². The summed E-state index contributed by atoms with van der Waals surface area (Å²) in [5.74, 6) is 8.75. The van der Waals surface area contributed by atoms with Gasteiger partial charge in [-0.2, -0.15) is 11.3 Å². The lowest BCUT2D eigenvalue weighted by Crippen LogP contribution is -2.61. The van der Waals surface area contributed by atoms with Gasteiger partial charge in [0, 0.05) is 22.1 Å². The van der Waals surface area contributed by atoms with E-state index in [0.717, 1.165) is 11.0 Å². The zero-order valence-corrected chi connectivity index (χ0v) is 15.9. The van der Waals surface area contributed by atoms with Crippen LogP contribution in [0.5, 0.6) is 0 Å². The van der Waals surface area contributed by atoms with Crippen molar-refractivity contribution in [3.63, 3.8) is 0 Å². The standard InChI is InChI=1S/C20H16F2N2O4S/c1-20(27,19(21)22)16(18(26)24-28)23-17(25)15-8-6-13(7-9-15)4-2-3-5-14-10-11-29-12-14/h6-12,16,19,27-28H,1H3,(H,23,25)(H,24,26). The van der Waals surface area contributed by atoms with Crippen molar-refractivity contribution >= 4 is 23.2 Å². The van der Waals surface area contributed by atoms with Crippen LogP contribution in [0.4, 0.5) is 8.78 Å². The van der Waals surface area contributed by atoms with Crippen LogP contribution in [0.2, 0.25) is 0 Å². The molecule has 1 heterocycles. The van der Waals surface area contributed by atoms with Crippen LogP contribution in [0.15, 0.2) is 41.1 Å². The number of rotatable bonds is 5. The van der Waals surface area contributed by atoms with Crippen molar-refractivity contribution in [2.45, 2.75) is 25.0 Å². The van der Waals surface area contributed by atoms with Crippen molar-refractivity contribution in [2.75, 3.05) is 0 Å². The third kappa shape index (κ3) is 5.87. The molecule has 0 fully saturated rings. The van der Waals surface area contributed by atoms with Crippen LogP contribution >= 0.6 is 11.3 Å². The lowest BCUT2D eigenvalue weighted by Gasteiger charge is -2.30. The molecule has 0 aliphatic rings. The van der Waals surface area contributed by atoms with Crippen LogP contribution in [0.1, 0.15) is 28.4 Å². The summed E-state index contributed by atoms with van der Waals surface area (Å²) in [6.07, 6.45) is -3.35. The number of hydrogen-bond donors (Lipinski definition) is 4. The third-order valence-corrected chi connectivity index (χ3v) is 4.50. The number of carbonyl (C=O) groups excluding carboxylic acids is 2. The number of hydrogen-bond acceptors (Lipinski definition) is 5. The summed E-state index contributed by atoms with van der Waals surface area (Å²) in [6.45, 7) is 0.674. The molecule has 0 aliphatic carbocycles. The summed E-state index contributed by atoms with van der Waals surface area (Å²) in [7, 11) is 0. The Hall–Kier alpha value is -3.24. The third-order valence-electron chi connectivity index (χ3n) is 3.82. The van der Waals surface area contributed by atoms with Gasteiger partial charge in [0.2, 0.25) is 0 Å². The van der Waals surface area contributed by atoms with Crippen molar-refractivity contribution in [1.29, 1.82) is 0 Å². The summed E-state index contributed by atoms with van der Waals surface area (Å²) in [5.41, 5.74) is -0.279. The Kier molecular flexibility index (Phi) is 7.46. The maximum absolute atomic E-state index is 13.0. The summed E-state index contributed by atoms with van der Waals surface area (Å²) in [4.78, 5) is 23.9. The Morgan fingerprint density at radius 2 is 1.72 bits per heavy atom. The highest BCUT2D eigenvalue weighted by molar-refractivity contribution is 7.08. The fourth-order valence-corrected chi connectivity index (χ4v) is 2.72. The number of halogens is 2. The minimum atomic E-state index is -3.35. The Morgan fingerprint density at radius 1 is 1.10 bits per heavy atom. The molecular formula is C20H16F2N2O4S. The second kappa shape index (κ2) is 9.80. The Morgan fingerprint density at radius 3 is 2.24 bits per heavy atom. The van der Waals surface area contributed by atoms with E-state index in [-0.39, 0.29) is 5.56 Å². The first-order valence-electron chi connectivity index (χ1n) is 8.15. The molecule has 2 rings (SSSR count). The monoisotopic (exact) mass is 418 g/mol. The summed E-state index contributed by atoms with van der Waals surface area (Å²) in [6, 6.07) is 5.56. The number of carbonyl (C=O) groups is 2. The highest BCUT2D eigenvalue weighted by atomic mass is 32.1. The van der Waals surface area contributed by atoms with Gasteiger partial charge in [-0.05, 0) is 54.5 Å². The Balaban J connectivity index is 2.10. The largest absolute Gasteiger partial charge is 0.381 e. The maximum Gasteiger partial charge on any atom is 0.269 e. The summed E-state index contributed by atoms with van der Waals surface area (Å²) < 4.78 is 26.0. The molecule has 0 bridgehead atoms. The Labute approximate surface area is 169 Å². The zero-order valence-electron chi connectivity index (χ0n) is 15.1. The van der Waals surface area contributed by atoms with Crippen molar-refractivity contribution in [3.8, 4) is 23.7 Å². The van der Waals surface area contributed by atoms with Crippen LogP contribution < -0.4 is 10.8 Å². The van der Waals surface area contributed by atoms with Gasteiger partial charge in [0.25, 0.3) is 18.2 Å². The van der Waals surface area contributed by atoms with Gasteiger partial charge in [0.15, 0.2) is 5.60 Å². The molecule has 0 aliphatic heterocycles. The van der Waals surface area contributed by atoms with Crippen LogP contribution in [-0.4, -0.2) is 40.2 Å². The SMILES string of the molecule is CC(O)(C(F)F)C(NC(=O)c1ccc(C#CC#Cc2ccsc2)cc1)C(=O)NO. The molecule has 1 aromatic carbocycles. The number of benzene rings is 1. The van der Waals surface area contributed by atoms with Gasteiger partial charge in [-0.3, -0.25) is 14.8 Å². The second-order valence-corrected chi connectivity index (χ2v) is 6.78. The molecular weight excluding hydrogens is 402 g/mol. The lowest BCUT2D eigenvalue weighted by atomic mass is 9.95. The average Bonchev–Trinajstić information content (AvgIpc) is 3.22. The van der Waals surface area contributed by atoms with Crippen LogP contribution in [0.3, 0.4) is 0 Å². The number of amides is 2. The molecule has 6 nitrogen and oxygen atoms in total. The van der Waals surface area contributed by atoms with Gasteiger partial charge in [-0.15, -0.1) is 0 Å². The van der Waals surface area contributed by atoms with Gasteiger partial charge < -0.3 is 10.4 Å². The minimum absolute atomic E-state index is 0.0423. The summed E-state index contributed by atoms with van der Waals surface area (Å²) >= 11 is 1.52. The van der Waals surface area contributed by atoms with Crippen molar-refractivity contribution in [3.05, 3.63) is 57.8 Å². The van der Waals surface area contributed by atoms with Gasteiger partial charge in [0.1, 0.15) is 6.04 Å². The fraction of sp³-hybridized carbons (Fsp3) is 0.200. The van der Waals surface area contributed by atoms with E-state index in [1.807, 2.05) is 22.1 Å². The molecule has 4 N–H and O–H groups in total. The maximum atomic E-state index is 13.0.